The predicted molar refractivity (Wildman–Crippen MR) is 103 cm³/mol. The fourth-order valence-electron chi connectivity index (χ4n) is 3.53. The predicted octanol–water partition coefficient (Wildman–Crippen LogP) is 2.60. The van der Waals surface area contributed by atoms with E-state index in [-0.39, 0.29) is 0 Å². The van der Waals surface area contributed by atoms with Gasteiger partial charge in [-0.3, -0.25) is 0 Å². The smallest absolute Gasteiger partial charge is 0.183 e. The van der Waals surface area contributed by atoms with Gasteiger partial charge in [0.1, 0.15) is 6.33 Å². The molecule has 1 N–H and O–H groups in total. The van der Waals surface area contributed by atoms with Gasteiger partial charge in [-0.2, -0.15) is 0 Å². The van der Waals surface area contributed by atoms with E-state index < -0.39 is 0 Å². The van der Waals surface area contributed by atoms with Crippen molar-refractivity contribution in [2.24, 2.45) is 5.92 Å². The Bertz CT molecular complexity index is 935. The molecule has 1 unspecified atom stereocenters. The van der Waals surface area contributed by atoms with Crippen molar-refractivity contribution in [3.8, 4) is 0 Å². The lowest BCUT2D eigenvalue weighted by atomic mass is 10.2. The molecule has 27 heavy (non-hydrogen) atoms. The van der Waals surface area contributed by atoms with Crippen molar-refractivity contribution in [3.63, 3.8) is 0 Å². The van der Waals surface area contributed by atoms with Crippen LogP contribution >= 0.6 is 0 Å². The first kappa shape index (κ1) is 16.4. The Kier molecular flexibility index (Phi) is 4.12. The van der Waals surface area contributed by atoms with Gasteiger partial charge in [0.15, 0.2) is 17.0 Å². The van der Waals surface area contributed by atoms with Gasteiger partial charge in [-0.1, -0.05) is 5.21 Å². The first-order chi connectivity index (χ1) is 13.3. The molecule has 2 fully saturated rings. The van der Waals surface area contributed by atoms with E-state index in [4.69, 9.17) is 4.74 Å². The van der Waals surface area contributed by atoms with E-state index in [1.54, 1.807) is 6.33 Å². The van der Waals surface area contributed by atoms with Crippen molar-refractivity contribution in [1.29, 1.82) is 0 Å². The molecule has 2 aromatic heterocycles. The average molecular weight is 365 g/mol. The van der Waals surface area contributed by atoms with Crippen molar-refractivity contribution >= 4 is 28.4 Å². The standard InChI is InChI=1S/C19H23N7O/c1-13-11-27-9-8-25(13)16-6-4-15(5-7-16)22-18-17-19(21-12-20-18)26(24-23-17)10-14-2-3-14/h4-7,12-14H,2-3,8-11H2,1H3,(H,20,21,22). The zero-order chi connectivity index (χ0) is 18.2. The minimum atomic E-state index is 0.389. The zero-order valence-corrected chi connectivity index (χ0v) is 15.4. The van der Waals surface area contributed by atoms with E-state index in [0.29, 0.717) is 17.4 Å². The summed E-state index contributed by atoms with van der Waals surface area (Å²) in [5.41, 5.74) is 3.68. The molecule has 0 amide bonds. The van der Waals surface area contributed by atoms with Crippen molar-refractivity contribution in [2.75, 3.05) is 30.0 Å². The molecular formula is C19H23N7O. The summed E-state index contributed by atoms with van der Waals surface area (Å²) >= 11 is 0. The van der Waals surface area contributed by atoms with E-state index >= 15 is 0 Å². The summed E-state index contributed by atoms with van der Waals surface area (Å²) in [6.07, 6.45) is 4.11. The van der Waals surface area contributed by atoms with Crippen molar-refractivity contribution in [2.45, 2.75) is 32.4 Å². The Morgan fingerprint density at radius 3 is 2.81 bits per heavy atom. The number of hydrogen-bond acceptors (Lipinski definition) is 7. The number of rotatable bonds is 5. The molecule has 0 bridgehead atoms. The molecule has 8 heteroatoms. The monoisotopic (exact) mass is 365 g/mol. The Morgan fingerprint density at radius 1 is 1.19 bits per heavy atom. The number of ether oxygens (including phenoxy) is 1. The highest BCUT2D eigenvalue weighted by molar-refractivity contribution is 5.84. The third-order valence-corrected chi connectivity index (χ3v) is 5.26. The maximum absolute atomic E-state index is 5.52. The highest BCUT2D eigenvalue weighted by atomic mass is 16.5. The molecule has 2 aliphatic rings. The van der Waals surface area contributed by atoms with Crippen molar-refractivity contribution in [1.82, 2.24) is 25.0 Å². The Morgan fingerprint density at radius 2 is 2.04 bits per heavy atom. The summed E-state index contributed by atoms with van der Waals surface area (Å²) in [5, 5.41) is 11.9. The number of aromatic nitrogens is 5. The zero-order valence-electron chi connectivity index (χ0n) is 15.4. The highest BCUT2D eigenvalue weighted by Crippen LogP contribution is 2.31. The molecule has 0 spiro atoms. The van der Waals surface area contributed by atoms with Gasteiger partial charge in [0.2, 0.25) is 0 Å². The van der Waals surface area contributed by atoms with Gasteiger partial charge in [-0.15, -0.1) is 5.10 Å². The molecular weight excluding hydrogens is 342 g/mol. The lowest BCUT2D eigenvalue weighted by Gasteiger charge is -2.35. The molecule has 3 heterocycles. The van der Waals surface area contributed by atoms with Crippen LogP contribution in [0.25, 0.3) is 11.2 Å². The molecule has 1 saturated heterocycles. The SMILES string of the molecule is CC1COCCN1c1ccc(Nc2ncnc3c2nnn3CC2CC2)cc1. The quantitative estimate of drug-likeness (QED) is 0.744. The molecule has 8 nitrogen and oxygen atoms in total. The van der Waals surface area contributed by atoms with Gasteiger partial charge >= 0.3 is 0 Å². The third kappa shape index (κ3) is 3.32. The van der Waals surface area contributed by atoms with Gasteiger partial charge in [0, 0.05) is 30.5 Å². The van der Waals surface area contributed by atoms with E-state index in [9.17, 15) is 0 Å². The van der Waals surface area contributed by atoms with Crippen LogP contribution in [0.5, 0.6) is 0 Å². The number of nitrogens with one attached hydrogen (secondary N) is 1. The molecule has 1 atom stereocenters. The van der Waals surface area contributed by atoms with Crippen molar-refractivity contribution < 1.29 is 4.74 Å². The van der Waals surface area contributed by atoms with Crippen LogP contribution in [0, 0.1) is 5.92 Å². The van der Waals surface area contributed by atoms with Crippen LogP contribution in [-0.2, 0) is 11.3 Å². The van der Waals surface area contributed by atoms with Crippen LogP contribution in [0.15, 0.2) is 30.6 Å². The number of anilines is 3. The molecule has 1 aliphatic heterocycles. The molecule has 1 aromatic carbocycles. The molecule has 140 valence electrons. The molecule has 0 radical (unpaired) electrons. The van der Waals surface area contributed by atoms with E-state index in [1.165, 1.54) is 18.5 Å². The first-order valence-electron chi connectivity index (χ1n) is 9.53. The fourth-order valence-corrected chi connectivity index (χ4v) is 3.53. The van der Waals surface area contributed by atoms with Crippen molar-refractivity contribution in [3.05, 3.63) is 30.6 Å². The summed E-state index contributed by atoms with van der Waals surface area (Å²) in [7, 11) is 0. The lowest BCUT2D eigenvalue weighted by Crippen LogP contribution is -2.43. The van der Waals surface area contributed by atoms with Gasteiger partial charge < -0.3 is 15.0 Å². The Hall–Kier alpha value is -2.74. The molecule has 3 aromatic rings. The number of fused-ring (bicyclic) bond motifs is 1. The van der Waals surface area contributed by atoms with Crippen LogP contribution in [-0.4, -0.2) is 50.8 Å². The average Bonchev–Trinajstić information content (AvgIpc) is 3.42. The molecule has 5 rings (SSSR count). The first-order valence-corrected chi connectivity index (χ1v) is 9.53. The van der Waals surface area contributed by atoms with E-state index in [2.05, 4.69) is 61.7 Å². The summed E-state index contributed by atoms with van der Waals surface area (Å²) in [4.78, 5) is 11.1. The van der Waals surface area contributed by atoms with Gasteiger partial charge in [-0.25, -0.2) is 14.6 Å². The molecule has 1 aliphatic carbocycles. The molecule has 1 saturated carbocycles. The lowest BCUT2D eigenvalue weighted by molar-refractivity contribution is 0.0989. The summed E-state index contributed by atoms with van der Waals surface area (Å²) in [6.45, 7) is 5.55. The second-order valence-corrected chi connectivity index (χ2v) is 7.40. The van der Waals surface area contributed by atoms with Crippen LogP contribution in [0.1, 0.15) is 19.8 Å². The second-order valence-electron chi connectivity index (χ2n) is 7.40. The van der Waals surface area contributed by atoms with Crippen LogP contribution < -0.4 is 10.2 Å². The normalized spacial score (nSPS) is 20.2. The van der Waals surface area contributed by atoms with Gasteiger partial charge in [-0.05, 0) is 49.9 Å². The maximum atomic E-state index is 5.52. The largest absolute Gasteiger partial charge is 0.377 e. The van der Waals surface area contributed by atoms with Gasteiger partial charge in [0.05, 0.1) is 13.2 Å². The van der Waals surface area contributed by atoms with Crippen LogP contribution in [0.4, 0.5) is 17.2 Å². The minimum Gasteiger partial charge on any atom is -0.377 e. The number of morpholine rings is 1. The van der Waals surface area contributed by atoms with Crippen LogP contribution in [0.2, 0.25) is 0 Å². The number of benzene rings is 1. The summed E-state index contributed by atoms with van der Waals surface area (Å²) in [6, 6.07) is 8.79. The van der Waals surface area contributed by atoms with E-state index in [0.717, 1.165) is 43.6 Å². The second kappa shape index (κ2) is 6.77. The number of nitrogens with zero attached hydrogens (tertiary/aromatic N) is 6. The Balaban J connectivity index is 1.36. The van der Waals surface area contributed by atoms with Crippen LogP contribution in [0.3, 0.4) is 0 Å². The number of hydrogen-bond donors (Lipinski definition) is 1. The summed E-state index contributed by atoms with van der Waals surface area (Å²) in [5.74, 6) is 1.41. The highest BCUT2D eigenvalue weighted by Gasteiger charge is 2.24. The topological polar surface area (TPSA) is 81.0 Å². The summed E-state index contributed by atoms with van der Waals surface area (Å²) < 4.78 is 7.42. The fraction of sp³-hybridized carbons (Fsp3) is 0.474. The minimum absolute atomic E-state index is 0.389. The Labute approximate surface area is 157 Å². The van der Waals surface area contributed by atoms with E-state index in [1.807, 2.05) is 4.68 Å². The van der Waals surface area contributed by atoms with Gasteiger partial charge in [0.25, 0.3) is 0 Å². The third-order valence-electron chi connectivity index (χ3n) is 5.26. The maximum Gasteiger partial charge on any atom is 0.183 e.